The molecule has 19 heavy (non-hydrogen) atoms. The van der Waals surface area contributed by atoms with Crippen LogP contribution in [0.25, 0.3) is 0 Å². The summed E-state index contributed by atoms with van der Waals surface area (Å²) in [7, 11) is 0. The molecule has 6 heteroatoms. The second-order valence-corrected chi connectivity index (χ2v) is 7.67. The number of hydrogen-bond acceptors (Lipinski definition) is 3. The molecule has 3 rings (SSSR count). The second-order valence-electron chi connectivity index (χ2n) is 4.45. The Morgan fingerprint density at radius 1 is 1.47 bits per heavy atom. The summed E-state index contributed by atoms with van der Waals surface area (Å²) in [6.45, 7) is 0. The summed E-state index contributed by atoms with van der Waals surface area (Å²) in [5.74, 6) is 0.973. The topological polar surface area (TPSA) is 42.2 Å². The maximum absolute atomic E-state index is 12.2. The molecule has 3 nitrogen and oxygen atoms in total. The molecule has 0 saturated heterocycles. The first kappa shape index (κ1) is 13.4. The minimum absolute atomic E-state index is 0.0320. The lowest BCUT2D eigenvalue weighted by Crippen LogP contribution is -2.29. The van der Waals surface area contributed by atoms with Crippen molar-refractivity contribution in [3.05, 3.63) is 42.9 Å². The predicted octanol–water partition coefficient (Wildman–Crippen LogP) is 4.67. The molecule has 2 heterocycles. The zero-order valence-corrected chi connectivity index (χ0v) is 13.9. The van der Waals surface area contributed by atoms with Crippen molar-refractivity contribution in [3.8, 4) is 0 Å². The van der Waals surface area contributed by atoms with E-state index < -0.39 is 0 Å². The summed E-state index contributed by atoms with van der Waals surface area (Å²) < 4.78 is 7.28. The molecule has 0 aromatic carbocycles. The molecule has 0 saturated carbocycles. The Morgan fingerprint density at radius 2 is 2.32 bits per heavy atom. The molecular weight excluding hydrogens is 394 g/mol. The lowest BCUT2D eigenvalue weighted by molar-refractivity contribution is 0.0936. The Morgan fingerprint density at radius 3 is 3.05 bits per heavy atom. The van der Waals surface area contributed by atoms with Crippen LogP contribution in [0.15, 0.2) is 31.1 Å². The van der Waals surface area contributed by atoms with Gasteiger partial charge in [-0.2, -0.15) is 0 Å². The van der Waals surface area contributed by atoms with Crippen molar-refractivity contribution in [3.63, 3.8) is 0 Å². The monoisotopic (exact) mass is 403 g/mol. The SMILES string of the molecule is O=C(NC1CCCc2occc21)c1cc(Br)c(Br)s1. The third kappa shape index (κ3) is 2.66. The van der Waals surface area contributed by atoms with E-state index in [1.807, 2.05) is 12.1 Å². The number of aryl methyl sites for hydroxylation is 1. The number of carbonyl (C=O) groups excluding carboxylic acids is 1. The number of rotatable bonds is 2. The van der Waals surface area contributed by atoms with E-state index in [-0.39, 0.29) is 11.9 Å². The van der Waals surface area contributed by atoms with Crippen LogP contribution < -0.4 is 5.32 Å². The molecule has 1 N–H and O–H groups in total. The first-order chi connectivity index (χ1) is 9.15. The first-order valence-corrected chi connectivity index (χ1v) is 8.37. The molecule has 1 amide bonds. The number of nitrogens with one attached hydrogen (secondary N) is 1. The van der Waals surface area contributed by atoms with Gasteiger partial charge >= 0.3 is 0 Å². The summed E-state index contributed by atoms with van der Waals surface area (Å²) >= 11 is 8.23. The van der Waals surface area contributed by atoms with Gasteiger partial charge in [-0.3, -0.25) is 4.79 Å². The Bertz CT molecular complexity index is 600. The molecule has 0 bridgehead atoms. The van der Waals surface area contributed by atoms with E-state index in [9.17, 15) is 4.79 Å². The number of halogens is 2. The Kier molecular flexibility index (Phi) is 3.82. The van der Waals surface area contributed by atoms with Crippen molar-refractivity contribution in [2.24, 2.45) is 0 Å². The number of carbonyl (C=O) groups is 1. The van der Waals surface area contributed by atoms with Crippen LogP contribution in [-0.4, -0.2) is 5.91 Å². The molecule has 0 aliphatic heterocycles. The van der Waals surface area contributed by atoms with Crippen molar-refractivity contribution in [2.45, 2.75) is 25.3 Å². The van der Waals surface area contributed by atoms with Crippen molar-refractivity contribution >= 4 is 49.1 Å². The highest BCUT2D eigenvalue weighted by Gasteiger charge is 2.25. The van der Waals surface area contributed by atoms with E-state index >= 15 is 0 Å². The zero-order chi connectivity index (χ0) is 13.4. The highest BCUT2D eigenvalue weighted by atomic mass is 79.9. The summed E-state index contributed by atoms with van der Waals surface area (Å²) in [5.41, 5.74) is 1.12. The normalized spacial score (nSPS) is 18.1. The van der Waals surface area contributed by atoms with Gasteiger partial charge < -0.3 is 9.73 Å². The zero-order valence-electron chi connectivity index (χ0n) is 9.91. The Hall–Kier alpha value is -0.590. The van der Waals surface area contributed by atoms with Crippen LogP contribution in [0.1, 0.15) is 39.9 Å². The van der Waals surface area contributed by atoms with E-state index in [0.29, 0.717) is 4.88 Å². The molecule has 1 unspecified atom stereocenters. The third-order valence-electron chi connectivity index (χ3n) is 3.23. The molecule has 1 atom stereocenters. The van der Waals surface area contributed by atoms with Gasteiger partial charge in [0, 0.05) is 16.5 Å². The average Bonchev–Trinajstić information content (AvgIpc) is 2.98. The highest BCUT2D eigenvalue weighted by Crippen LogP contribution is 2.34. The fourth-order valence-corrected chi connectivity index (χ4v) is 4.26. The summed E-state index contributed by atoms with van der Waals surface area (Å²) in [6.07, 6.45) is 4.67. The third-order valence-corrected chi connectivity index (χ3v) is 6.48. The Balaban J connectivity index is 1.78. The van der Waals surface area contributed by atoms with E-state index in [1.165, 1.54) is 11.3 Å². The van der Waals surface area contributed by atoms with Crippen LogP contribution in [-0.2, 0) is 6.42 Å². The molecule has 1 aliphatic carbocycles. The van der Waals surface area contributed by atoms with Crippen LogP contribution in [0.5, 0.6) is 0 Å². The lowest BCUT2D eigenvalue weighted by Gasteiger charge is -2.22. The lowest BCUT2D eigenvalue weighted by atomic mass is 9.93. The van der Waals surface area contributed by atoms with Crippen LogP contribution in [0.2, 0.25) is 0 Å². The van der Waals surface area contributed by atoms with E-state index in [1.54, 1.807) is 6.26 Å². The first-order valence-electron chi connectivity index (χ1n) is 5.97. The maximum atomic E-state index is 12.2. The van der Waals surface area contributed by atoms with E-state index in [0.717, 1.165) is 38.8 Å². The van der Waals surface area contributed by atoms with Crippen LogP contribution in [0.3, 0.4) is 0 Å². The number of hydrogen-bond donors (Lipinski definition) is 1. The minimum atomic E-state index is -0.0320. The summed E-state index contributed by atoms with van der Waals surface area (Å²) in [5, 5.41) is 3.09. The summed E-state index contributed by atoms with van der Waals surface area (Å²) in [6, 6.07) is 3.86. The van der Waals surface area contributed by atoms with Crippen molar-refractivity contribution < 1.29 is 9.21 Å². The fraction of sp³-hybridized carbons (Fsp3) is 0.308. The number of furan rings is 1. The fourth-order valence-electron chi connectivity index (χ4n) is 2.32. The molecule has 2 aromatic heterocycles. The number of amides is 1. The molecule has 2 aromatic rings. The van der Waals surface area contributed by atoms with Crippen molar-refractivity contribution in [1.82, 2.24) is 5.32 Å². The van der Waals surface area contributed by atoms with Gasteiger partial charge in [-0.1, -0.05) is 0 Å². The number of thiophene rings is 1. The van der Waals surface area contributed by atoms with Crippen LogP contribution in [0.4, 0.5) is 0 Å². The molecule has 0 fully saturated rings. The molecular formula is C13H11Br2NO2S. The molecule has 1 aliphatic rings. The predicted molar refractivity (Wildman–Crippen MR) is 81.6 cm³/mol. The Labute approximate surface area is 131 Å². The van der Waals surface area contributed by atoms with Crippen molar-refractivity contribution in [1.29, 1.82) is 0 Å². The smallest absolute Gasteiger partial charge is 0.261 e. The average molecular weight is 405 g/mol. The largest absolute Gasteiger partial charge is 0.469 e. The van der Waals surface area contributed by atoms with Gasteiger partial charge in [0.15, 0.2) is 0 Å². The van der Waals surface area contributed by atoms with Gasteiger partial charge in [0.25, 0.3) is 5.91 Å². The van der Waals surface area contributed by atoms with Gasteiger partial charge in [-0.05, 0) is 56.8 Å². The molecule has 0 radical (unpaired) electrons. The standard InChI is InChI=1S/C13H11Br2NO2S/c14-8-6-11(19-12(8)15)13(17)16-9-2-1-3-10-7(9)4-5-18-10/h4-6,9H,1-3H2,(H,16,17). The van der Waals surface area contributed by atoms with Crippen LogP contribution in [0, 0.1) is 0 Å². The van der Waals surface area contributed by atoms with E-state index in [4.69, 9.17) is 4.42 Å². The summed E-state index contributed by atoms with van der Waals surface area (Å²) in [4.78, 5) is 12.9. The minimum Gasteiger partial charge on any atom is -0.469 e. The van der Waals surface area contributed by atoms with Gasteiger partial charge in [0.1, 0.15) is 5.76 Å². The number of fused-ring (bicyclic) bond motifs is 1. The van der Waals surface area contributed by atoms with Gasteiger partial charge in [0.2, 0.25) is 0 Å². The quantitative estimate of drug-likeness (QED) is 0.789. The molecule has 100 valence electrons. The maximum Gasteiger partial charge on any atom is 0.261 e. The van der Waals surface area contributed by atoms with Gasteiger partial charge in [0.05, 0.1) is 21.0 Å². The van der Waals surface area contributed by atoms with Crippen LogP contribution >= 0.6 is 43.2 Å². The second kappa shape index (κ2) is 5.42. The van der Waals surface area contributed by atoms with E-state index in [2.05, 4.69) is 37.2 Å². The van der Waals surface area contributed by atoms with Gasteiger partial charge in [-0.25, -0.2) is 0 Å². The highest BCUT2D eigenvalue weighted by molar-refractivity contribution is 9.13. The molecule has 0 spiro atoms. The van der Waals surface area contributed by atoms with Crippen molar-refractivity contribution in [2.75, 3.05) is 0 Å². The van der Waals surface area contributed by atoms with Gasteiger partial charge in [-0.15, -0.1) is 11.3 Å².